The summed E-state index contributed by atoms with van der Waals surface area (Å²) in [5.74, 6) is 0. The molecule has 0 amide bonds. The van der Waals surface area contributed by atoms with Crippen molar-refractivity contribution in [1.82, 2.24) is 0 Å². The molecule has 2 nitrogen and oxygen atoms in total. The number of allylic oxidation sites excluding steroid dienone is 8. The third-order valence-corrected chi connectivity index (χ3v) is 17.6. The Bertz CT molecular complexity index is 3880. The Balaban J connectivity index is 0.776. The highest BCUT2D eigenvalue weighted by atomic mass is 15.1. The molecule has 10 aromatic carbocycles. The minimum absolute atomic E-state index is 0.371. The summed E-state index contributed by atoms with van der Waals surface area (Å²) in [7, 11) is 0. The summed E-state index contributed by atoms with van der Waals surface area (Å²) in [6, 6.07) is 91.1. The van der Waals surface area contributed by atoms with E-state index in [0.29, 0.717) is 0 Å². The van der Waals surface area contributed by atoms with Crippen LogP contribution in [0.5, 0.6) is 0 Å². The van der Waals surface area contributed by atoms with Gasteiger partial charge >= 0.3 is 0 Å². The fourth-order valence-electron chi connectivity index (χ4n) is 14.7. The maximum Gasteiger partial charge on any atom is 0.0722 e. The average molecular weight is 969 g/mol. The van der Waals surface area contributed by atoms with Gasteiger partial charge in [-0.05, 0) is 199 Å². The Morgan fingerprint density at radius 2 is 0.579 bits per heavy atom. The average Bonchev–Trinajstić information content (AvgIpc) is 4.38. The summed E-state index contributed by atoms with van der Waals surface area (Å²) in [6.07, 6.45) is 13.9. The van der Waals surface area contributed by atoms with Crippen LogP contribution in [0.2, 0.25) is 0 Å². The van der Waals surface area contributed by atoms with E-state index in [1.165, 1.54) is 100 Å². The predicted octanol–water partition coefficient (Wildman–Crippen LogP) is 19.2. The molecular formula is C74H52N2. The normalized spacial score (nSPS) is 18.5. The van der Waals surface area contributed by atoms with E-state index >= 15 is 0 Å². The molecule has 0 saturated carbocycles. The van der Waals surface area contributed by atoms with Gasteiger partial charge in [0, 0.05) is 34.1 Å². The van der Waals surface area contributed by atoms with Gasteiger partial charge in [-0.1, -0.05) is 194 Å². The summed E-state index contributed by atoms with van der Waals surface area (Å²) >= 11 is 0. The number of fused-ring (bicyclic) bond motifs is 18. The van der Waals surface area contributed by atoms with E-state index in [0.717, 1.165) is 59.8 Å². The molecule has 2 heteroatoms. The first-order chi connectivity index (χ1) is 37.7. The molecule has 76 heavy (non-hydrogen) atoms. The van der Waals surface area contributed by atoms with Gasteiger partial charge in [-0.2, -0.15) is 0 Å². The Labute approximate surface area is 445 Å². The second-order valence-corrected chi connectivity index (χ2v) is 21.2. The van der Waals surface area contributed by atoms with Gasteiger partial charge in [0.2, 0.25) is 0 Å². The monoisotopic (exact) mass is 968 g/mol. The lowest BCUT2D eigenvalue weighted by Gasteiger charge is -2.33. The van der Waals surface area contributed by atoms with Crippen LogP contribution < -0.4 is 9.80 Å². The fourth-order valence-corrected chi connectivity index (χ4v) is 14.7. The Morgan fingerprint density at radius 1 is 0.263 bits per heavy atom. The number of hydrogen-bond donors (Lipinski definition) is 0. The van der Waals surface area contributed by atoms with Gasteiger partial charge < -0.3 is 9.80 Å². The number of rotatable bonds is 7. The van der Waals surface area contributed by atoms with Crippen LogP contribution in [0.25, 0.3) is 44.5 Å². The molecule has 10 aromatic rings. The summed E-state index contributed by atoms with van der Waals surface area (Å²) in [5.41, 5.74) is 30.6. The van der Waals surface area contributed by atoms with Crippen LogP contribution >= 0.6 is 0 Å². The highest BCUT2D eigenvalue weighted by molar-refractivity contribution is 5.99. The summed E-state index contributed by atoms with van der Waals surface area (Å²) in [5, 5.41) is 0. The minimum atomic E-state index is -0.371. The van der Waals surface area contributed by atoms with Crippen molar-refractivity contribution in [3.8, 4) is 33.4 Å². The second kappa shape index (κ2) is 16.6. The van der Waals surface area contributed by atoms with Crippen molar-refractivity contribution in [3.05, 3.63) is 323 Å². The Hall–Kier alpha value is -9.24. The van der Waals surface area contributed by atoms with Crippen molar-refractivity contribution in [2.75, 3.05) is 9.80 Å². The van der Waals surface area contributed by atoms with E-state index in [9.17, 15) is 0 Å². The Morgan fingerprint density at radius 3 is 0.987 bits per heavy atom. The standard InChI is InChI=1S/C74H52N2/c1-3-19-51(20-4-1)75(55-43-45-63-61-27-11-17-33-69(61)73(71(63)47-55)65-29-13-7-23-57(65)58-24-8-14-30-66(58)73)53-39-35-49(36-40-53)50-37-41-54(42-38-50)76(52-21-5-2-6-22-52)56-44-46-64-62-28-12-18-34-70(62)74(72(64)48-56)67-31-15-9-25-59(67)60-26-10-16-32-68(60)74/h1-7,9,11-23,25,27-48H,8,10,24,26H2. The highest BCUT2D eigenvalue weighted by Crippen LogP contribution is 2.66. The second-order valence-electron chi connectivity index (χ2n) is 21.2. The molecular weight excluding hydrogens is 917 g/mol. The van der Waals surface area contributed by atoms with Gasteiger partial charge in [0.1, 0.15) is 0 Å². The van der Waals surface area contributed by atoms with Gasteiger partial charge in [-0.25, -0.2) is 0 Å². The largest absolute Gasteiger partial charge is 0.310 e. The maximum absolute atomic E-state index is 2.50. The molecule has 6 aliphatic carbocycles. The quantitative estimate of drug-likeness (QED) is 0.157. The van der Waals surface area contributed by atoms with E-state index in [1.807, 2.05) is 0 Å². The molecule has 0 fully saturated rings. The molecule has 0 aliphatic heterocycles. The topological polar surface area (TPSA) is 6.48 Å². The summed E-state index contributed by atoms with van der Waals surface area (Å²) in [6.45, 7) is 0. The van der Waals surface area contributed by atoms with Gasteiger partial charge in [0.05, 0.1) is 10.8 Å². The smallest absolute Gasteiger partial charge is 0.0722 e. The molecule has 2 unspecified atom stereocenters. The predicted molar refractivity (Wildman–Crippen MR) is 315 cm³/mol. The van der Waals surface area contributed by atoms with Crippen LogP contribution in [-0.2, 0) is 10.8 Å². The van der Waals surface area contributed by atoms with E-state index in [4.69, 9.17) is 0 Å². The van der Waals surface area contributed by atoms with Crippen molar-refractivity contribution >= 4 is 45.3 Å². The third kappa shape index (κ3) is 5.93. The van der Waals surface area contributed by atoms with Gasteiger partial charge in [-0.15, -0.1) is 0 Å². The van der Waals surface area contributed by atoms with E-state index in [1.54, 1.807) is 0 Å². The van der Waals surface area contributed by atoms with Crippen LogP contribution in [0.3, 0.4) is 0 Å². The maximum atomic E-state index is 2.50. The summed E-state index contributed by atoms with van der Waals surface area (Å²) < 4.78 is 0. The lowest BCUT2D eigenvalue weighted by molar-refractivity contribution is 0.780. The van der Waals surface area contributed by atoms with Crippen LogP contribution in [0, 0.1) is 0 Å². The van der Waals surface area contributed by atoms with Crippen LogP contribution in [-0.4, -0.2) is 0 Å². The number of para-hydroxylation sites is 2. The number of hydrogen-bond acceptors (Lipinski definition) is 2. The number of nitrogens with zero attached hydrogens (tertiary/aromatic N) is 2. The zero-order chi connectivity index (χ0) is 50.0. The van der Waals surface area contributed by atoms with Crippen LogP contribution in [0.4, 0.5) is 34.1 Å². The fraction of sp³-hybridized carbons (Fsp3) is 0.0811. The molecule has 0 saturated heterocycles. The van der Waals surface area contributed by atoms with Crippen molar-refractivity contribution in [2.24, 2.45) is 0 Å². The molecule has 0 radical (unpaired) electrons. The molecule has 6 aliphatic rings. The molecule has 0 aromatic heterocycles. The lowest BCUT2D eigenvalue weighted by atomic mass is 9.69. The number of anilines is 6. The SMILES string of the molecule is C1=CC2=C(CC1)c1ccccc1C21c2ccccc2-c2ccc(N(c3ccccc3)c3ccc(-c4ccc(N(c5ccccc5)c5ccc6c(c5)C5(C7=C(CCC=C7)c7ccccc75)c5ccccc5-6)cc4)cc3)cc21. The van der Waals surface area contributed by atoms with Crippen molar-refractivity contribution in [2.45, 2.75) is 36.5 Å². The first kappa shape index (κ1) is 43.2. The molecule has 0 bridgehead atoms. The molecule has 358 valence electrons. The van der Waals surface area contributed by atoms with Crippen molar-refractivity contribution in [3.63, 3.8) is 0 Å². The molecule has 2 spiro atoms. The van der Waals surface area contributed by atoms with Gasteiger partial charge in [0.25, 0.3) is 0 Å². The van der Waals surface area contributed by atoms with E-state index < -0.39 is 0 Å². The van der Waals surface area contributed by atoms with Crippen LogP contribution in [0.15, 0.2) is 278 Å². The molecule has 16 rings (SSSR count). The van der Waals surface area contributed by atoms with Gasteiger partial charge in [0.15, 0.2) is 0 Å². The van der Waals surface area contributed by atoms with Crippen LogP contribution in [0.1, 0.15) is 70.2 Å². The molecule has 0 heterocycles. The third-order valence-electron chi connectivity index (χ3n) is 17.6. The zero-order valence-corrected chi connectivity index (χ0v) is 42.1. The first-order valence-corrected chi connectivity index (χ1v) is 27.1. The summed E-state index contributed by atoms with van der Waals surface area (Å²) in [4.78, 5) is 4.86. The van der Waals surface area contributed by atoms with Crippen molar-refractivity contribution < 1.29 is 0 Å². The minimum Gasteiger partial charge on any atom is -0.310 e. The van der Waals surface area contributed by atoms with Crippen molar-refractivity contribution in [1.29, 1.82) is 0 Å². The molecule has 0 N–H and O–H groups in total. The zero-order valence-electron chi connectivity index (χ0n) is 42.1. The lowest BCUT2D eigenvalue weighted by Crippen LogP contribution is -2.27. The van der Waals surface area contributed by atoms with E-state index in [-0.39, 0.29) is 10.8 Å². The van der Waals surface area contributed by atoms with E-state index in [2.05, 4.69) is 277 Å². The Kier molecular flexibility index (Phi) is 9.45. The first-order valence-electron chi connectivity index (χ1n) is 27.1. The highest BCUT2D eigenvalue weighted by Gasteiger charge is 2.54. The van der Waals surface area contributed by atoms with Gasteiger partial charge in [-0.3, -0.25) is 0 Å². The molecule has 2 atom stereocenters. The number of benzene rings is 10.